The topological polar surface area (TPSA) is 50.3 Å². The first-order chi connectivity index (χ1) is 7.16. The number of nitrogens with zero attached hydrogens (tertiary/aromatic N) is 2. The lowest BCUT2D eigenvalue weighted by Gasteiger charge is -2.27. The summed E-state index contributed by atoms with van der Waals surface area (Å²) < 4.78 is 25.4. The second kappa shape index (κ2) is 4.33. The Balaban J connectivity index is 3.18. The molecule has 1 heterocycles. The van der Waals surface area contributed by atoms with Gasteiger partial charge >= 0.3 is 0 Å². The fourth-order valence-electron chi connectivity index (χ4n) is 1.10. The molecule has 16 heavy (non-hydrogen) atoms. The van der Waals surface area contributed by atoms with Gasteiger partial charge in [-0.15, -0.1) is 0 Å². The van der Waals surface area contributed by atoms with E-state index in [2.05, 4.69) is 20.9 Å². The summed E-state index contributed by atoms with van der Waals surface area (Å²) in [4.78, 5) is 4.04. The van der Waals surface area contributed by atoms with Crippen LogP contribution in [0.3, 0.4) is 0 Å². The molecular formula is C10H15BrN2O2S. The molecule has 1 aromatic heterocycles. The standard InChI is InChI=1S/C10H15BrN2O2S/c1-10(2,3)16(14,15)13(4)9-7-8(11)5-6-12-9/h5-7H,1-4H3. The monoisotopic (exact) mass is 306 g/mol. The fourth-order valence-corrected chi connectivity index (χ4v) is 2.59. The summed E-state index contributed by atoms with van der Waals surface area (Å²) >= 11 is 3.29. The maximum absolute atomic E-state index is 12.1. The zero-order valence-electron chi connectivity index (χ0n) is 9.73. The number of sulfonamides is 1. The van der Waals surface area contributed by atoms with Gasteiger partial charge in [0.15, 0.2) is 0 Å². The van der Waals surface area contributed by atoms with Crippen molar-refractivity contribution < 1.29 is 8.42 Å². The van der Waals surface area contributed by atoms with Crippen LogP contribution in [0.2, 0.25) is 0 Å². The third-order valence-corrected chi connectivity index (χ3v) is 5.11. The van der Waals surface area contributed by atoms with Gasteiger partial charge in [-0.2, -0.15) is 0 Å². The van der Waals surface area contributed by atoms with Gasteiger partial charge in [0, 0.05) is 17.7 Å². The molecule has 0 amide bonds. The number of anilines is 1. The Bertz CT molecular complexity index is 480. The van der Waals surface area contributed by atoms with E-state index in [1.54, 1.807) is 39.1 Å². The normalized spacial score (nSPS) is 12.6. The highest BCUT2D eigenvalue weighted by atomic mass is 79.9. The lowest BCUT2D eigenvalue weighted by Crippen LogP contribution is -2.41. The molecule has 4 nitrogen and oxygen atoms in total. The zero-order chi connectivity index (χ0) is 12.6. The van der Waals surface area contributed by atoms with Crippen LogP contribution in [0.5, 0.6) is 0 Å². The predicted molar refractivity (Wildman–Crippen MR) is 69.0 cm³/mol. The number of rotatable bonds is 2. The van der Waals surface area contributed by atoms with E-state index in [4.69, 9.17) is 0 Å². The Hall–Kier alpha value is -0.620. The van der Waals surface area contributed by atoms with Crippen molar-refractivity contribution in [3.63, 3.8) is 0 Å². The minimum Gasteiger partial charge on any atom is -0.256 e. The first-order valence-corrected chi connectivity index (χ1v) is 6.99. The van der Waals surface area contributed by atoms with E-state index in [-0.39, 0.29) is 0 Å². The van der Waals surface area contributed by atoms with E-state index >= 15 is 0 Å². The molecule has 0 aromatic carbocycles. The number of pyridine rings is 1. The van der Waals surface area contributed by atoms with Gasteiger partial charge < -0.3 is 0 Å². The summed E-state index contributed by atoms with van der Waals surface area (Å²) in [7, 11) is -1.89. The van der Waals surface area contributed by atoms with Crippen molar-refractivity contribution in [2.45, 2.75) is 25.5 Å². The summed E-state index contributed by atoms with van der Waals surface area (Å²) in [6.45, 7) is 4.99. The van der Waals surface area contributed by atoms with Crippen LogP contribution in [0, 0.1) is 0 Å². The first-order valence-electron chi connectivity index (χ1n) is 4.76. The van der Waals surface area contributed by atoms with Gasteiger partial charge in [-0.25, -0.2) is 13.4 Å². The molecule has 0 bridgehead atoms. The van der Waals surface area contributed by atoms with Gasteiger partial charge in [0.2, 0.25) is 10.0 Å². The summed E-state index contributed by atoms with van der Waals surface area (Å²) in [5, 5.41) is 0. The first kappa shape index (κ1) is 13.4. The molecule has 6 heteroatoms. The Morgan fingerprint density at radius 3 is 2.38 bits per heavy atom. The van der Waals surface area contributed by atoms with Crippen molar-refractivity contribution in [1.82, 2.24) is 4.98 Å². The molecule has 0 saturated heterocycles. The predicted octanol–water partition coefficient (Wildman–Crippen LogP) is 2.41. The molecule has 0 atom stereocenters. The van der Waals surface area contributed by atoms with Crippen LogP contribution in [0.4, 0.5) is 5.82 Å². The van der Waals surface area contributed by atoms with E-state index in [0.717, 1.165) is 4.47 Å². The van der Waals surface area contributed by atoms with Crippen LogP contribution in [0.1, 0.15) is 20.8 Å². The summed E-state index contributed by atoms with van der Waals surface area (Å²) in [6.07, 6.45) is 1.56. The second-order valence-electron chi connectivity index (χ2n) is 4.42. The fraction of sp³-hybridized carbons (Fsp3) is 0.500. The highest BCUT2D eigenvalue weighted by Gasteiger charge is 2.33. The minimum atomic E-state index is -3.40. The van der Waals surface area contributed by atoms with E-state index in [9.17, 15) is 8.42 Å². The molecule has 0 radical (unpaired) electrons. The highest BCUT2D eigenvalue weighted by molar-refractivity contribution is 9.10. The molecule has 0 aliphatic rings. The lowest BCUT2D eigenvalue weighted by molar-refractivity contribution is 0.558. The van der Waals surface area contributed by atoms with Crippen LogP contribution in [-0.4, -0.2) is 25.2 Å². The smallest absolute Gasteiger partial charge is 0.241 e. The van der Waals surface area contributed by atoms with Crippen LogP contribution in [0.15, 0.2) is 22.8 Å². The Morgan fingerprint density at radius 2 is 1.94 bits per heavy atom. The second-order valence-corrected chi connectivity index (χ2v) is 8.06. The quantitative estimate of drug-likeness (QED) is 0.843. The van der Waals surface area contributed by atoms with E-state index < -0.39 is 14.8 Å². The van der Waals surface area contributed by atoms with E-state index in [1.165, 1.54) is 11.4 Å². The van der Waals surface area contributed by atoms with Gasteiger partial charge in [-0.05, 0) is 32.9 Å². The van der Waals surface area contributed by atoms with Crippen LogP contribution < -0.4 is 4.31 Å². The van der Waals surface area contributed by atoms with Crippen molar-refractivity contribution in [3.05, 3.63) is 22.8 Å². The Kier molecular flexibility index (Phi) is 3.64. The highest BCUT2D eigenvalue weighted by Crippen LogP contribution is 2.24. The van der Waals surface area contributed by atoms with Crippen LogP contribution in [-0.2, 0) is 10.0 Å². The zero-order valence-corrected chi connectivity index (χ0v) is 12.1. The molecule has 0 fully saturated rings. The van der Waals surface area contributed by atoms with Crippen molar-refractivity contribution in [2.75, 3.05) is 11.4 Å². The van der Waals surface area contributed by atoms with Crippen LogP contribution in [0.25, 0.3) is 0 Å². The maximum atomic E-state index is 12.1. The summed E-state index contributed by atoms with van der Waals surface area (Å²) in [6, 6.07) is 3.42. The minimum absolute atomic E-state index is 0.407. The number of halogens is 1. The third-order valence-electron chi connectivity index (χ3n) is 2.16. The molecule has 0 aliphatic carbocycles. The molecule has 0 saturated carbocycles. The van der Waals surface area contributed by atoms with Crippen molar-refractivity contribution in [2.24, 2.45) is 0 Å². The third kappa shape index (κ3) is 2.55. The molecule has 0 spiro atoms. The molecule has 1 aromatic rings. The molecule has 0 N–H and O–H groups in total. The molecule has 1 rings (SSSR count). The van der Waals surface area contributed by atoms with E-state index in [1.807, 2.05) is 0 Å². The average Bonchev–Trinajstić information content (AvgIpc) is 2.14. The van der Waals surface area contributed by atoms with E-state index in [0.29, 0.717) is 5.82 Å². The molecule has 0 aliphatic heterocycles. The maximum Gasteiger partial charge on any atom is 0.241 e. The molecule has 0 unspecified atom stereocenters. The summed E-state index contributed by atoms with van der Waals surface area (Å²) in [5.74, 6) is 0.407. The van der Waals surface area contributed by atoms with Gasteiger partial charge in [-0.3, -0.25) is 4.31 Å². The van der Waals surface area contributed by atoms with Crippen molar-refractivity contribution >= 4 is 31.8 Å². The number of aromatic nitrogens is 1. The van der Waals surface area contributed by atoms with Gasteiger partial charge in [0.1, 0.15) is 5.82 Å². The Labute approximate surface area is 105 Å². The largest absolute Gasteiger partial charge is 0.256 e. The average molecular weight is 307 g/mol. The van der Waals surface area contributed by atoms with Gasteiger partial charge in [0.25, 0.3) is 0 Å². The molecular weight excluding hydrogens is 292 g/mol. The van der Waals surface area contributed by atoms with Crippen molar-refractivity contribution in [3.8, 4) is 0 Å². The van der Waals surface area contributed by atoms with Gasteiger partial charge in [-0.1, -0.05) is 15.9 Å². The van der Waals surface area contributed by atoms with Crippen molar-refractivity contribution in [1.29, 1.82) is 0 Å². The number of hydrogen-bond donors (Lipinski definition) is 0. The lowest BCUT2D eigenvalue weighted by atomic mass is 10.3. The van der Waals surface area contributed by atoms with Crippen LogP contribution >= 0.6 is 15.9 Å². The van der Waals surface area contributed by atoms with Gasteiger partial charge in [0.05, 0.1) is 4.75 Å². The number of hydrogen-bond acceptors (Lipinski definition) is 3. The summed E-state index contributed by atoms with van der Waals surface area (Å²) in [5.41, 5.74) is 0. The SMILES string of the molecule is CN(c1cc(Br)ccn1)S(=O)(=O)C(C)(C)C. The molecule has 90 valence electrons. The Morgan fingerprint density at radius 1 is 1.38 bits per heavy atom.